The molecule has 0 spiro atoms. The molecule has 1 heterocycles. The largest absolute Gasteiger partial charge is 0.352 e. The Morgan fingerprint density at radius 1 is 1.21 bits per heavy atom. The van der Waals surface area contributed by atoms with Crippen molar-refractivity contribution in [2.75, 3.05) is 5.75 Å². The predicted octanol–water partition coefficient (Wildman–Crippen LogP) is 3.09. The maximum absolute atomic E-state index is 12.4. The number of nitrogens with zero attached hydrogens (tertiary/aromatic N) is 3. The summed E-state index contributed by atoms with van der Waals surface area (Å²) in [5.41, 5.74) is 0.602. The SMILES string of the molecule is CC(NC(=O)c1ccccc1)c1nnc(SCC(=O)NC2CCCCC2C)n1C. The van der Waals surface area contributed by atoms with E-state index in [4.69, 9.17) is 0 Å². The molecule has 7 nitrogen and oxygen atoms in total. The summed E-state index contributed by atoms with van der Waals surface area (Å²) in [4.78, 5) is 24.7. The molecule has 3 rings (SSSR count). The first-order chi connectivity index (χ1) is 14.0. The molecule has 8 heteroatoms. The Bertz CT molecular complexity index is 839. The number of carbonyl (C=O) groups is 2. The third-order valence-electron chi connectivity index (χ3n) is 5.43. The summed E-state index contributed by atoms with van der Waals surface area (Å²) in [6.45, 7) is 4.08. The molecule has 3 unspecified atom stereocenters. The summed E-state index contributed by atoms with van der Waals surface area (Å²) in [5, 5.41) is 15.2. The summed E-state index contributed by atoms with van der Waals surface area (Å²) in [5.74, 6) is 1.37. The molecule has 2 aromatic rings. The second kappa shape index (κ2) is 9.91. The molecule has 29 heavy (non-hydrogen) atoms. The van der Waals surface area contributed by atoms with Gasteiger partial charge in [-0.2, -0.15) is 0 Å². The van der Waals surface area contributed by atoms with Crippen LogP contribution in [-0.4, -0.2) is 38.4 Å². The van der Waals surface area contributed by atoms with Gasteiger partial charge in [-0.05, 0) is 37.8 Å². The van der Waals surface area contributed by atoms with Gasteiger partial charge in [-0.3, -0.25) is 9.59 Å². The lowest BCUT2D eigenvalue weighted by atomic mass is 9.86. The highest BCUT2D eigenvalue weighted by Crippen LogP contribution is 2.24. The van der Waals surface area contributed by atoms with E-state index in [0.717, 1.165) is 6.42 Å². The van der Waals surface area contributed by atoms with E-state index < -0.39 is 0 Å². The molecule has 2 amide bonds. The summed E-state index contributed by atoms with van der Waals surface area (Å²) in [7, 11) is 1.85. The lowest BCUT2D eigenvalue weighted by molar-refractivity contribution is -0.119. The summed E-state index contributed by atoms with van der Waals surface area (Å²) >= 11 is 1.36. The number of benzene rings is 1. The van der Waals surface area contributed by atoms with Crippen LogP contribution in [0.15, 0.2) is 35.5 Å². The number of hydrogen-bond acceptors (Lipinski definition) is 5. The van der Waals surface area contributed by atoms with Crippen molar-refractivity contribution in [3.05, 3.63) is 41.7 Å². The first-order valence-corrected chi connectivity index (χ1v) is 11.1. The standard InChI is InChI=1S/C21H29N5O2S/c1-14-9-7-8-12-17(14)23-18(27)13-29-21-25-24-19(26(21)3)15(2)22-20(28)16-10-5-4-6-11-16/h4-6,10-11,14-15,17H,7-9,12-13H2,1-3H3,(H,22,28)(H,23,27). The van der Waals surface area contributed by atoms with Crippen LogP contribution in [0.1, 0.15) is 61.8 Å². The van der Waals surface area contributed by atoms with E-state index in [9.17, 15) is 9.59 Å². The Labute approximate surface area is 176 Å². The Balaban J connectivity index is 1.53. The van der Waals surface area contributed by atoms with Crippen LogP contribution in [0.3, 0.4) is 0 Å². The van der Waals surface area contributed by atoms with Gasteiger partial charge in [0.25, 0.3) is 5.91 Å². The maximum atomic E-state index is 12.4. The van der Waals surface area contributed by atoms with Crippen molar-refractivity contribution >= 4 is 23.6 Å². The monoisotopic (exact) mass is 415 g/mol. The number of carbonyl (C=O) groups excluding carboxylic acids is 2. The van der Waals surface area contributed by atoms with Gasteiger partial charge in [0.15, 0.2) is 11.0 Å². The van der Waals surface area contributed by atoms with Gasteiger partial charge in [-0.25, -0.2) is 0 Å². The molecule has 2 N–H and O–H groups in total. The number of amides is 2. The van der Waals surface area contributed by atoms with Crippen LogP contribution < -0.4 is 10.6 Å². The first-order valence-electron chi connectivity index (χ1n) is 10.1. The van der Waals surface area contributed by atoms with Crippen LogP contribution in [0.5, 0.6) is 0 Å². The van der Waals surface area contributed by atoms with Gasteiger partial charge in [-0.15, -0.1) is 10.2 Å². The van der Waals surface area contributed by atoms with Gasteiger partial charge >= 0.3 is 0 Å². The number of thioether (sulfide) groups is 1. The van der Waals surface area contributed by atoms with E-state index in [1.165, 1.54) is 31.0 Å². The minimum absolute atomic E-state index is 0.0312. The van der Waals surface area contributed by atoms with Crippen molar-refractivity contribution in [3.8, 4) is 0 Å². The van der Waals surface area contributed by atoms with E-state index in [-0.39, 0.29) is 23.9 Å². The molecular weight excluding hydrogens is 386 g/mol. The molecule has 3 atom stereocenters. The van der Waals surface area contributed by atoms with Crippen molar-refractivity contribution in [1.29, 1.82) is 0 Å². The van der Waals surface area contributed by atoms with E-state index >= 15 is 0 Å². The van der Waals surface area contributed by atoms with Crippen LogP contribution in [-0.2, 0) is 11.8 Å². The van der Waals surface area contributed by atoms with Gasteiger partial charge in [0.2, 0.25) is 5.91 Å². The van der Waals surface area contributed by atoms with Crippen molar-refractivity contribution in [3.63, 3.8) is 0 Å². The molecule has 1 aromatic carbocycles. The van der Waals surface area contributed by atoms with Gasteiger partial charge in [-0.1, -0.05) is 49.7 Å². The molecule has 1 aromatic heterocycles. The molecule has 156 valence electrons. The molecule has 1 aliphatic rings. The summed E-state index contributed by atoms with van der Waals surface area (Å²) < 4.78 is 1.83. The van der Waals surface area contributed by atoms with Crippen LogP contribution in [0.25, 0.3) is 0 Å². The van der Waals surface area contributed by atoms with Crippen LogP contribution in [0, 0.1) is 5.92 Å². The lowest BCUT2D eigenvalue weighted by Crippen LogP contribution is -2.41. The zero-order valence-corrected chi connectivity index (χ0v) is 18.0. The summed E-state index contributed by atoms with van der Waals surface area (Å²) in [6.07, 6.45) is 4.67. The van der Waals surface area contributed by atoms with Crippen LogP contribution in [0.2, 0.25) is 0 Å². The van der Waals surface area contributed by atoms with Crippen LogP contribution in [0.4, 0.5) is 0 Å². The van der Waals surface area contributed by atoms with Crippen molar-refractivity contribution in [1.82, 2.24) is 25.4 Å². The molecule has 1 fully saturated rings. The fourth-order valence-corrected chi connectivity index (χ4v) is 4.40. The fraction of sp³-hybridized carbons (Fsp3) is 0.524. The van der Waals surface area contributed by atoms with Crippen molar-refractivity contribution in [2.45, 2.75) is 56.8 Å². The highest BCUT2D eigenvalue weighted by atomic mass is 32.2. The average Bonchev–Trinajstić information content (AvgIpc) is 3.09. The van der Waals surface area contributed by atoms with Gasteiger partial charge in [0.1, 0.15) is 0 Å². The topological polar surface area (TPSA) is 88.9 Å². The quantitative estimate of drug-likeness (QED) is 0.679. The third-order valence-corrected chi connectivity index (χ3v) is 6.45. The third kappa shape index (κ3) is 5.59. The highest BCUT2D eigenvalue weighted by Gasteiger charge is 2.23. The average molecular weight is 416 g/mol. The number of hydrogen-bond donors (Lipinski definition) is 2. The normalized spacial score (nSPS) is 20.1. The predicted molar refractivity (Wildman–Crippen MR) is 114 cm³/mol. The Morgan fingerprint density at radius 3 is 2.66 bits per heavy atom. The molecule has 0 radical (unpaired) electrons. The summed E-state index contributed by atoms with van der Waals surface area (Å²) in [6, 6.07) is 9.05. The van der Waals surface area contributed by atoms with E-state index in [1.807, 2.05) is 36.7 Å². The second-order valence-electron chi connectivity index (χ2n) is 7.69. The molecule has 0 aliphatic heterocycles. The van der Waals surface area contributed by atoms with Crippen LogP contribution >= 0.6 is 11.8 Å². The number of nitrogens with one attached hydrogen (secondary N) is 2. The van der Waals surface area contributed by atoms with Gasteiger partial charge < -0.3 is 15.2 Å². The number of aromatic nitrogens is 3. The van der Waals surface area contributed by atoms with Crippen molar-refractivity contribution in [2.24, 2.45) is 13.0 Å². The molecule has 0 bridgehead atoms. The zero-order chi connectivity index (χ0) is 20.8. The first kappa shape index (κ1) is 21.4. The lowest BCUT2D eigenvalue weighted by Gasteiger charge is -2.29. The smallest absolute Gasteiger partial charge is 0.251 e. The fourth-order valence-electron chi connectivity index (χ4n) is 3.67. The Morgan fingerprint density at radius 2 is 1.93 bits per heavy atom. The van der Waals surface area contributed by atoms with Crippen molar-refractivity contribution < 1.29 is 9.59 Å². The molecule has 1 aliphatic carbocycles. The molecular formula is C21H29N5O2S. The van der Waals surface area contributed by atoms with E-state index in [2.05, 4.69) is 27.8 Å². The zero-order valence-electron chi connectivity index (χ0n) is 17.2. The van der Waals surface area contributed by atoms with E-state index in [0.29, 0.717) is 28.2 Å². The Hall–Kier alpha value is -2.35. The Kier molecular flexibility index (Phi) is 7.30. The minimum Gasteiger partial charge on any atom is -0.352 e. The molecule has 0 saturated heterocycles. The molecule has 1 saturated carbocycles. The minimum atomic E-state index is -0.300. The highest BCUT2D eigenvalue weighted by molar-refractivity contribution is 7.99. The maximum Gasteiger partial charge on any atom is 0.251 e. The van der Waals surface area contributed by atoms with Gasteiger partial charge in [0, 0.05) is 18.7 Å². The van der Waals surface area contributed by atoms with Gasteiger partial charge in [0.05, 0.1) is 11.8 Å². The second-order valence-corrected chi connectivity index (χ2v) is 8.63. The number of rotatable bonds is 7. The van der Waals surface area contributed by atoms with E-state index in [1.54, 1.807) is 12.1 Å².